The van der Waals surface area contributed by atoms with E-state index in [2.05, 4.69) is 102 Å². The van der Waals surface area contributed by atoms with Crippen molar-refractivity contribution in [3.05, 3.63) is 64.7 Å². The summed E-state index contributed by atoms with van der Waals surface area (Å²) in [4.78, 5) is 0. The zero-order valence-corrected chi connectivity index (χ0v) is 19.0. The van der Waals surface area contributed by atoms with E-state index in [9.17, 15) is 0 Å². The van der Waals surface area contributed by atoms with Gasteiger partial charge in [-0.05, 0) is 43.2 Å². The average molecular weight is 377 g/mol. The van der Waals surface area contributed by atoms with Gasteiger partial charge in [-0.15, -0.1) is 0 Å². The van der Waals surface area contributed by atoms with E-state index in [0.717, 1.165) is 19.3 Å². The lowest BCUT2D eigenvalue weighted by Gasteiger charge is -2.23. The summed E-state index contributed by atoms with van der Waals surface area (Å²) in [6, 6.07) is 16.1. The second kappa shape index (κ2) is 7.85. The van der Waals surface area contributed by atoms with Crippen molar-refractivity contribution in [2.24, 2.45) is 5.41 Å². The SMILES string of the molecule is CCc1cccc(CC)c1[N+]1=C[C@](C)(Cc2ccc(C(C)C)cc2)CC1(C)C. The van der Waals surface area contributed by atoms with Crippen molar-refractivity contribution in [2.75, 3.05) is 0 Å². The summed E-state index contributed by atoms with van der Waals surface area (Å²) in [5, 5.41) is 0. The first-order chi connectivity index (χ1) is 13.2. The Bertz CT molecular complexity index is 832. The van der Waals surface area contributed by atoms with Gasteiger partial charge in [0, 0.05) is 31.4 Å². The third-order valence-electron chi connectivity index (χ3n) is 6.39. The molecule has 0 saturated heterocycles. The molecular formula is C27H38N+. The van der Waals surface area contributed by atoms with E-state index in [1.54, 1.807) is 0 Å². The van der Waals surface area contributed by atoms with Crippen molar-refractivity contribution >= 4 is 11.9 Å². The molecule has 28 heavy (non-hydrogen) atoms. The van der Waals surface area contributed by atoms with Crippen molar-refractivity contribution in [3.63, 3.8) is 0 Å². The number of aryl methyl sites for hydroxylation is 2. The summed E-state index contributed by atoms with van der Waals surface area (Å²) in [6.07, 6.45) is 6.97. The van der Waals surface area contributed by atoms with Crippen LogP contribution in [0.25, 0.3) is 0 Å². The fourth-order valence-electron chi connectivity index (χ4n) is 5.09. The molecular weight excluding hydrogens is 338 g/mol. The van der Waals surface area contributed by atoms with Crippen molar-refractivity contribution in [3.8, 4) is 0 Å². The van der Waals surface area contributed by atoms with Crippen molar-refractivity contribution in [1.82, 2.24) is 0 Å². The van der Waals surface area contributed by atoms with Gasteiger partial charge in [0.1, 0.15) is 0 Å². The first-order valence-electron chi connectivity index (χ1n) is 11.0. The quantitative estimate of drug-likeness (QED) is 0.474. The highest BCUT2D eigenvalue weighted by molar-refractivity contribution is 5.67. The van der Waals surface area contributed by atoms with E-state index in [4.69, 9.17) is 0 Å². The molecule has 2 aromatic carbocycles. The van der Waals surface area contributed by atoms with Gasteiger partial charge in [-0.3, -0.25) is 0 Å². The second-order valence-corrected chi connectivity index (χ2v) is 9.85. The number of rotatable bonds is 6. The maximum Gasteiger partial charge on any atom is 0.211 e. The van der Waals surface area contributed by atoms with Crippen LogP contribution in [0, 0.1) is 5.41 Å². The predicted molar refractivity (Wildman–Crippen MR) is 122 cm³/mol. The number of hydrogen-bond acceptors (Lipinski definition) is 0. The van der Waals surface area contributed by atoms with Crippen molar-refractivity contribution in [2.45, 2.75) is 85.6 Å². The predicted octanol–water partition coefficient (Wildman–Crippen LogP) is 7.08. The lowest BCUT2D eigenvalue weighted by molar-refractivity contribution is -0.512. The van der Waals surface area contributed by atoms with Crippen LogP contribution in [0.4, 0.5) is 5.69 Å². The second-order valence-electron chi connectivity index (χ2n) is 9.85. The molecule has 1 nitrogen and oxygen atoms in total. The maximum absolute atomic E-state index is 2.60. The van der Waals surface area contributed by atoms with Crippen LogP contribution in [0.15, 0.2) is 42.5 Å². The maximum atomic E-state index is 2.60. The van der Waals surface area contributed by atoms with Crippen molar-refractivity contribution in [1.29, 1.82) is 0 Å². The van der Waals surface area contributed by atoms with Gasteiger partial charge in [-0.1, -0.05) is 70.2 Å². The lowest BCUT2D eigenvalue weighted by Crippen LogP contribution is -2.31. The first-order valence-corrected chi connectivity index (χ1v) is 11.0. The van der Waals surface area contributed by atoms with Gasteiger partial charge in [0.05, 0.1) is 5.41 Å². The van der Waals surface area contributed by atoms with Crippen LogP contribution < -0.4 is 0 Å². The number of para-hydroxylation sites is 1. The monoisotopic (exact) mass is 376 g/mol. The van der Waals surface area contributed by atoms with Gasteiger partial charge in [0.2, 0.25) is 5.69 Å². The molecule has 0 fully saturated rings. The fourth-order valence-corrected chi connectivity index (χ4v) is 5.09. The molecule has 0 unspecified atom stereocenters. The van der Waals surface area contributed by atoms with Crippen LogP contribution in [-0.4, -0.2) is 16.3 Å². The first kappa shape index (κ1) is 20.8. The standard InChI is InChI=1S/C27H38N/c1-8-22-11-10-12-23(9-2)25(22)28-19-27(7,18-26(28,5)6)17-21-13-15-24(16-14-21)20(3)4/h10-16,19-20H,8-9,17-18H2,1-7H3/q+1/t27-/m1/s1. The molecule has 1 heterocycles. The molecule has 1 aliphatic heterocycles. The fraction of sp³-hybridized carbons (Fsp3) is 0.519. The molecule has 0 bridgehead atoms. The van der Waals surface area contributed by atoms with Gasteiger partial charge >= 0.3 is 0 Å². The minimum absolute atomic E-state index is 0.127. The Labute approximate surface area is 172 Å². The molecule has 2 aromatic rings. The lowest BCUT2D eigenvalue weighted by atomic mass is 9.78. The molecule has 0 aliphatic carbocycles. The highest BCUT2D eigenvalue weighted by Crippen LogP contribution is 2.43. The topological polar surface area (TPSA) is 3.01 Å². The third kappa shape index (κ3) is 4.09. The summed E-state index contributed by atoms with van der Waals surface area (Å²) in [6.45, 7) is 16.3. The Morgan fingerprint density at radius 3 is 1.96 bits per heavy atom. The molecule has 0 radical (unpaired) electrons. The minimum Gasteiger partial charge on any atom is -0.197 e. The molecule has 1 aliphatic rings. The molecule has 3 rings (SSSR count). The number of nitrogens with zero attached hydrogens (tertiary/aromatic N) is 1. The molecule has 0 spiro atoms. The summed E-state index contributed by atoms with van der Waals surface area (Å²) in [5.74, 6) is 0.593. The summed E-state index contributed by atoms with van der Waals surface area (Å²) >= 11 is 0. The van der Waals surface area contributed by atoms with Gasteiger partial charge in [0.25, 0.3) is 0 Å². The van der Waals surface area contributed by atoms with Crippen LogP contribution >= 0.6 is 0 Å². The van der Waals surface area contributed by atoms with Gasteiger partial charge in [-0.2, -0.15) is 4.58 Å². The van der Waals surface area contributed by atoms with Gasteiger partial charge in [-0.25, -0.2) is 0 Å². The zero-order valence-electron chi connectivity index (χ0n) is 19.0. The van der Waals surface area contributed by atoms with Gasteiger partial charge in [0.15, 0.2) is 11.8 Å². The molecule has 1 heteroatoms. The minimum atomic E-state index is 0.127. The van der Waals surface area contributed by atoms with Crippen LogP contribution in [0.5, 0.6) is 0 Å². The number of benzene rings is 2. The smallest absolute Gasteiger partial charge is 0.197 e. The largest absolute Gasteiger partial charge is 0.211 e. The van der Waals surface area contributed by atoms with Gasteiger partial charge < -0.3 is 0 Å². The molecule has 0 aromatic heterocycles. The summed E-state index contributed by atoms with van der Waals surface area (Å²) < 4.78 is 2.60. The van der Waals surface area contributed by atoms with E-state index >= 15 is 0 Å². The molecule has 0 saturated carbocycles. The van der Waals surface area contributed by atoms with Crippen LogP contribution in [0.3, 0.4) is 0 Å². The Morgan fingerprint density at radius 1 is 0.893 bits per heavy atom. The van der Waals surface area contributed by atoms with Crippen molar-refractivity contribution < 1.29 is 4.58 Å². The van der Waals surface area contributed by atoms with E-state index in [1.165, 1.54) is 34.4 Å². The Morgan fingerprint density at radius 2 is 1.46 bits per heavy atom. The average Bonchev–Trinajstić information content (AvgIpc) is 2.89. The Hall–Kier alpha value is -1.89. The summed E-state index contributed by atoms with van der Waals surface area (Å²) in [5.41, 5.74) is 7.56. The van der Waals surface area contributed by atoms with Crippen LogP contribution in [-0.2, 0) is 19.3 Å². The summed E-state index contributed by atoms with van der Waals surface area (Å²) in [7, 11) is 0. The van der Waals surface area contributed by atoms with Crippen LogP contribution in [0.1, 0.15) is 83.1 Å². The van der Waals surface area contributed by atoms with Crippen LogP contribution in [0.2, 0.25) is 0 Å². The molecule has 0 N–H and O–H groups in total. The van der Waals surface area contributed by atoms with E-state index in [0.29, 0.717) is 5.92 Å². The molecule has 1 atom stereocenters. The zero-order chi connectivity index (χ0) is 20.5. The molecule has 0 amide bonds. The van der Waals surface area contributed by atoms with E-state index in [-0.39, 0.29) is 11.0 Å². The van der Waals surface area contributed by atoms with E-state index in [1.807, 2.05) is 0 Å². The highest BCUT2D eigenvalue weighted by atomic mass is 15.1. The Balaban J connectivity index is 1.98. The highest BCUT2D eigenvalue weighted by Gasteiger charge is 2.49. The normalized spacial score (nSPS) is 21.2. The third-order valence-corrected chi connectivity index (χ3v) is 6.39. The Kier molecular flexibility index (Phi) is 5.84. The van der Waals surface area contributed by atoms with E-state index < -0.39 is 0 Å². The number of hydrogen-bond donors (Lipinski definition) is 0. The molecule has 150 valence electrons.